The minimum atomic E-state index is -2.87. The fraction of sp³-hybridized carbons (Fsp3) is 0.625. The van der Waals surface area contributed by atoms with Gasteiger partial charge in [-0.15, -0.1) is 0 Å². The van der Waals surface area contributed by atoms with E-state index in [1.807, 2.05) is 12.1 Å². The van der Waals surface area contributed by atoms with Crippen molar-refractivity contribution in [1.29, 1.82) is 0 Å². The number of rotatable bonds is 4. The molecule has 2 aliphatic rings. The first kappa shape index (κ1) is 15.0. The maximum Gasteiger partial charge on any atom is 0.150 e. The summed E-state index contributed by atoms with van der Waals surface area (Å²) < 4.78 is 28.7. The van der Waals surface area contributed by atoms with Gasteiger partial charge in [0, 0.05) is 6.42 Å². The molecule has 3 rings (SSSR count). The lowest BCUT2D eigenvalue weighted by atomic mass is 9.91. The predicted molar refractivity (Wildman–Crippen MR) is 80.8 cm³/mol. The van der Waals surface area contributed by atoms with Crippen LogP contribution in [0.4, 0.5) is 0 Å². The van der Waals surface area contributed by atoms with E-state index in [9.17, 15) is 13.5 Å². The molecule has 0 aliphatic carbocycles. The second-order valence-corrected chi connectivity index (χ2v) is 8.43. The van der Waals surface area contributed by atoms with E-state index < -0.39 is 15.9 Å². The number of hydrogen-bond acceptors (Lipinski definition) is 4. The molecule has 4 nitrogen and oxygen atoms in total. The number of fused-ring (bicyclic) bond motifs is 1. The van der Waals surface area contributed by atoms with Crippen LogP contribution in [0.15, 0.2) is 24.3 Å². The van der Waals surface area contributed by atoms with Gasteiger partial charge in [-0.2, -0.15) is 0 Å². The summed E-state index contributed by atoms with van der Waals surface area (Å²) in [5.74, 6) is 0.600. The molecule has 0 saturated carbocycles. The Balaban J connectivity index is 1.60. The van der Waals surface area contributed by atoms with Crippen LogP contribution in [0.25, 0.3) is 0 Å². The largest absolute Gasteiger partial charge is 0.393 e. The summed E-state index contributed by atoms with van der Waals surface area (Å²) in [5.41, 5.74) is 2.46. The highest BCUT2D eigenvalue weighted by Gasteiger charge is 2.31. The summed E-state index contributed by atoms with van der Waals surface area (Å²) in [6.45, 7) is 0.687. The van der Waals surface area contributed by atoms with Gasteiger partial charge in [-0.05, 0) is 36.3 Å². The van der Waals surface area contributed by atoms with Crippen molar-refractivity contribution in [3.05, 3.63) is 35.4 Å². The van der Waals surface area contributed by atoms with E-state index in [0.717, 1.165) is 6.42 Å². The summed E-state index contributed by atoms with van der Waals surface area (Å²) in [7, 11) is -2.87. The molecule has 0 spiro atoms. The first-order valence-corrected chi connectivity index (χ1v) is 9.43. The van der Waals surface area contributed by atoms with Crippen molar-refractivity contribution in [3.8, 4) is 0 Å². The van der Waals surface area contributed by atoms with Gasteiger partial charge in [0.25, 0.3) is 0 Å². The van der Waals surface area contributed by atoms with Gasteiger partial charge in [0.1, 0.15) is 0 Å². The highest BCUT2D eigenvalue weighted by atomic mass is 32.2. The number of benzene rings is 1. The third-order valence-electron chi connectivity index (χ3n) is 4.51. The van der Waals surface area contributed by atoms with Crippen LogP contribution >= 0.6 is 0 Å². The zero-order valence-electron chi connectivity index (χ0n) is 12.1. The van der Waals surface area contributed by atoms with Crippen LogP contribution in [0, 0.1) is 5.92 Å². The van der Waals surface area contributed by atoms with E-state index in [-0.39, 0.29) is 23.5 Å². The molecule has 116 valence electrons. The molecule has 2 aliphatic heterocycles. The molecule has 1 aromatic rings. The Bertz CT molecular complexity index is 596. The molecule has 2 heterocycles. The van der Waals surface area contributed by atoms with Gasteiger partial charge < -0.3 is 9.84 Å². The number of hydrogen-bond donors (Lipinski definition) is 1. The van der Waals surface area contributed by atoms with Gasteiger partial charge in [-0.25, -0.2) is 8.42 Å². The highest BCUT2D eigenvalue weighted by molar-refractivity contribution is 7.91. The SMILES string of the molecule is O=S1(=O)CCC(CC(O)CC2OCCc3ccccc32)C1. The minimum absolute atomic E-state index is 0.0667. The second-order valence-electron chi connectivity index (χ2n) is 6.20. The van der Waals surface area contributed by atoms with Crippen LogP contribution in [-0.4, -0.2) is 37.7 Å². The first-order chi connectivity index (χ1) is 10.0. The molecule has 21 heavy (non-hydrogen) atoms. The molecule has 0 radical (unpaired) electrons. The van der Waals surface area contributed by atoms with Crippen molar-refractivity contribution in [3.63, 3.8) is 0 Å². The fourth-order valence-corrected chi connectivity index (χ4v) is 5.34. The highest BCUT2D eigenvalue weighted by Crippen LogP contribution is 2.32. The van der Waals surface area contributed by atoms with Crippen molar-refractivity contribution in [1.82, 2.24) is 0 Å². The molecular weight excluding hydrogens is 288 g/mol. The molecule has 1 fully saturated rings. The Morgan fingerprint density at radius 3 is 2.86 bits per heavy atom. The van der Waals surface area contributed by atoms with Gasteiger partial charge in [-0.1, -0.05) is 24.3 Å². The molecule has 1 N–H and O–H groups in total. The van der Waals surface area contributed by atoms with E-state index in [2.05, 4.69) is 12.1 Å². The Kier molecular flexibility index (Phi) is 4.33. The smallest absolute Gasteiger partial charge is 0.150 e. The molecule has 5 heteroatoms. The molecule has 0 amide bonds. The lowest BCUT2D eigenvalue weighted by Crippen LogP contribution is -2.23. The first-order valence-electron chi connectivity index (χ1n) is 7.61. The van der Waals surface area contributed by atoms with Crippen LogP contribution in [0.5, 0.6) is 0 Å². The predicted octanol–water partition coefficient (Wildman–Crippen LogP) is 1.88. The molecule has 0 bridgehead atoms. The number of ether oxygens (including phenoxy) is 1. The van der Waals surface area contributed by atoms with Crippen LogP contribution in [-0.2, 0) is 21.0 Å². The van der Waals surface area contributed by atoms with E-state index in [1.165, 1.54) is 11.1 Å². The zero-order valence-corrected chi connectivity index (χ0v) is 12.9. The number of sulfone groups is 1. The minimum Gasteiger partial charge on any atom is -0.393 e. The second kappa shape index (κ2) is 6.07. The van der Waals surface area contributed by atoms with Crippen molar-refractivity contribution in [2.75, 3.05) is 18.1 Å². The third kappa shape index (κ3) is 3.65. The lowest BCUT2D eigenvalue weighted by molar-refractivity contribution is -0.000465. The van der Waals surface area contributed by atoms with Crippen LogP contribution in [0.1, 0.15) is 36.5 Å². The van der Waals surface area contributed by atoms with E-state index >= 15 is 0 Å². The summed E-state index contributed by atoms with van der Waals surface area (Å²) in [6, 6.07) is 8.20. The Hall–Kier alpha value is -0.910. The Morgan fingerprint density at radius 2 is 2.10 bits per heavy atom. The van der Waals surface area contributed by atoms with E-state index in [4.69, 9.17) is 4.74 Å². The summed E-state index contributed by atoms with van der Waals surface area (Å²) in [6.07, 6.45) is 2.14. The van der Waals surface area contributed by atoms with E-state index in [1.54, 1.807) is 0 Å². The quantitative estimate of drug-likeness (QED) is 0.922. The van der Waals surface area contributed by atoms with Gasteiger partial charge in [0.05, 0.1) is 30.3 Å². The van der Waals surface area contributed by atoms with Crippen molar-refractivity contribution in [2.24, 2.45) is 5.92 Å². The fourth-order valence-electron chi connectivity index (χ4n) is 3.46. The average Bonchev–Trinajstić information content (AvgIpc) is 2.78. The molecule has 1 saturated heterocycles. The van der Waals surface area contributed by atoms with Gasteiger partial charge in [0.2, 0.25) is 0 Å². The Morgan fingerprint density at radius 1 is 1.29 bits per heavy atom. The molecule has 1 aromatic carbocycles. The van der Waals surface area contributed by atoms with Gasteiger partial charge in [-0.3, -0.25) is 0 Å². The van der Waals surface area contributed by atoms with Crippen LogP contribution in [0.2, 0.25) is 0 Å². The zero-order chi connectivity index (χ0) is 14.9. The standard InChI is InChI=1S/C16H22O4S/c17-14(9-12-6-8-21(18,19)11-12)10-16-15-4-2-1-3-13(15)5-7-20-16/h1-4,12,14,16-17H,5-11H2. The lowest BCUT2D eigenvalue weighted by Gasteiger charge is -2.28. The van der Waals surface area contributed by atoms with Crippen molar-refractivity contribution in [2.45, 2.75) is 37.9 Å². The summed E-state index contributed by atoms with van der Waals surface area (Å²) >= 11 is 0. The Labute approximate surface area is 126 Å². The van der Waals surface area contributed by atoms with Gasteiger partial charge in [0.15, 0.2) is 9.84 Å². The average molecular weight is 310 g/mol. The topological polar surface area (TPSA) is 63.6 Å². The molecule has 3 unspecified atom stereocenters. The van der Waals surface area contributed by atoms with E-state index in [0.29, 0.717) is 25.9 Å². The molecular formula is C16H22O4S. The maximum absolute atomic E-state index is 11.5. The maximum atomic E-state index is 11.5. The number of aliphatic hydroxyl groups excluding tert-OH is 1. The van der Waals surface area contributed by atoms with Gasteiger partial charge >= 0.3 is 0 Å². The summed E-state index contributed by atoms with van der Waals surface area (Å²) in [4.78, 5) is 0. The number of aliphatic hydroxyl groups is 1. The van der Waals surface area contributed by atoms with Crippen LogP contribution < -0.4 is 0 Å². The van der Waals surface area contributed by atoms with Crippen molar-refractivity contribution < 1.29 is 18.3 Å². The molecule has 3 atom stereocenters. The monoisotopic (exact) mass is 310 g/mol. The molecule has 0 aromatic heterocycles. The normalized spacial score (nSPS) is 29.0. The summed E-state index contributed by atoms with van der Waals surface area (Å²) in [5, 5.41) is 10.3. The van der Waals surface area contributed by atoms with Crippen LogP contribution in [0.3, 0.4) is 0 Å². The van der Waals surface area contributed by atoms with Crippen molar-refractivity contribution >= 4 is 9.84 Å². The third-order valence-corrected chi connectivity index (χ3v) is 6.35.